The van der Waals surface area contributed by atoms with E-state index >= 15 is 0 Å². The summed E-state index contributed by atoms with van der Waals surface area (Å²) in [5, 5.41) is 4.29. The van der Waals surface area contributed by atoms with Gasteiger partial charge in [0, 0.05) is 31.6 Å². The number of nitrogens with zero attached hydrogens (tertiary/aromatic N) is 1. The Labute approximate surface area is 158 Å². The number of aryl methyl sites for hydroxylation is 1. The van der Waals surface area contributed by atoms with E-state index in [1.165, 1.54) is 56.9 Å². The molecule has 0 aromatic heterocycles. The molecule has 3 rings (SSSR count). The second-order valence-corrected chi connectivity index (χ2v) is 8.38. The van der Waals surface area contributed by atoms with Crippen LogP contribution in [0.1, 0.15) is 56.9 Å². The van der Waals surface area contributed by atoms with Crippen LogP contribution >= 0.6 is 12.2 Å². The van der Waals surface area contributed by atoms with E-state index < -0.39 is 0 Å². The fraction of sp³-hybridized carbons (Fsp3) is 0.667. The first-order chi connectivity index (χ1) is 12.1. The van der Waals surface area contributed by atoms with Crippen LogP contribution in [0.2, 0.25) is 0 Å². The molecule has 1 saturated carbocycles. The third-order valence-electron chi connectivity index (χ3n) is 6.23. The van der Waals surface area contributed by atoms with Crippen molar-refractivity contribution in [2.24, 2.45) is 0 Å². The summed E-state index contributed by atoms with van der Waals surface area (Å²) in [6.07, 6.45) is 11.1. The van der Waals surface area contributed by atoms with Crippen molar-refractivity contribution in [2.45, 2.75) is 70.4 Å². The summed E-state index contributed by atoms with van der Waals surface area (Å²) in [4.78, 5) is 4.14. The first-order valence-electron chi connectivity index (χ1n) is 10.1. The van der Waals surface area contributed by atoms with Crippen molar-refractivity contribution in [1.29, 1.82) is 0 Å². The van der Waals surface area contributed by atoms with Crippen molar-refractivity contribution in [3.8, 4) is 0 Å². The maximum atomic E-state index is 5.64. The van der Waals surface area contributed by atoms with Crippen LogP contribution < -0.4 is 10.2 Å². The number of likely N-dealkylation sites (tertiary alicyclic amines) is 1. The Kier molecular flexibility index (Phi) is 6.71. The molecule has 1 aromatic carbocycles. The number of hydrogen-bond donors (Lipinski definition) is 2. The van der Waals surface area contributed by atoms with Crippen LogP contribution in [0.25, 0.3) is 0 Å². The normalized spacial score (nSPS) is 21.6. The fourth-order valence-corrected chi connectivity index (χ4v) is 4.75. The van der Waals surface area contributed by atoms with Gasteiger partial charge in [-0.05, 0) is 57.0 Å². The van der Waals surface area contributed by atoms with E-state index in [1.807, 2.05) is 0 Å². The number of anilines is 1. The molecule has 0 radical (unpaired) electrons. The van der Waals surface area contributed by atoms with Gasteiger partial charge < -0.3 is 15.1 Å². The first-order valence-corrected chi connectivity index (χ1v) is 10.5. The molecule has 1 atom stereocenters. The van der Waals surface area contributed by atoms with Crippen molar-refractivity contribution in [1.82, 2.24) is 4.90 Å². The number of thiocarbonyl (C=S) groups is 1. The Morgan fingerprint density at radius 3 is 2.12 bits per heavy atom. The molecular formula is C21H34N3S+. The predicted molar refractivity (Wildman–Crippen MR) is 110 cm³/mol. The fourth-order valence-electron chi connectivity index (χ4n) is 4.45. The van der Waals surface area contributed by atoms with E-state index in [9.17, 15) is 0 Å². The summed E-state index contributed by atoms with van der Waals surface area (Å²) in [6, 6.07) is 10.2. The van der Waals surface area contributed by atoms with Crippen LogP contribution in [-0.4, -0.2) is 42.2 Å². The van der Waals surface area contributed by atoms with Crippen molar-refractivity contribution >= 4 is 23.0 Å². The van der Waals surface area contributed by atoms with E-state index in [-0.39, 0.29) is 0 Å². The van der Waals surface area contributed by atoms with Crippen molar-refractivity contribution < 1.29 is 4.90 Å². The lowest BCUT2D eigenvalue weighted by molar-refractivity contribution is -0.933. The summed E-state index contributed by atoms with van der Waals surface area (Å²) in [7, 11) is 2.44. The van der Waals surface area contributed by atoms with E-state index in [0.29, 0.717) is 0 Å². The zero-order chi connectivity index (χ0) is 17.6. The molecule has 3 nitrogen and oxygen atoms in total. The Hall–Kier alpha value is -1.13. The van der Waals surface area contributed by atoms with Crippen LogP contribution in [0.5, 0.6) is 0 Å². The minimum atomic E-state index is 0.807. The Morgan fingerprint density at radius 2 is 1.52 bits per heavy atom. The SMILES string of the molecule is Cc1ccc(NC(=S)N2CCC([NH+](C)C3CCCCCC3)CC2)cc1. The van der Waals surface area contributed by atoms with Gasteiger partial charge in [-0.15, -0.1) is 0 Å². The number of piperidine rings is 1. The second-order valence-electron chi connectivity index (χ2n) is 7.99. The zero-order valence-electron chi connectivity index (χ0n) is 15.9. The van der Waals surface area contributed by atoms with E-state index in [0.717, 1.165) is 36.0 Å². The van der Waals surface area contributed by atoms with Crippen LogP contribution in [0.3, 0.4) is 0 Å². The summed E-state index contributed by atoms with van der Waals surface area (Å²) in [6.45, 7) is 4.29. The van der Waals surface area contributed by atoms with Crippen molar-refractivity contribution in [3.63, 3.8) is 0 Å². The number of rotatable bonds is 3. The third kappa shape index (κ3) is 5.18. The number of quaternary nitrogens is 1. The highest BCUT2D eigenvalue weighted by Gasteiger charge is 2.31. The van der Waals surface area contributed by atoms with Gasteiger partial charge in [-0.3, -0.25) is 0 Å². The zero-order valence-corrected chi connectivity index (χ0v) is 16.7. The minimum absolute atomic E-state index is 0.807. The maximum absolute atomic E-state index is 5.64. The smallest absolute Gasteiger partial charge is 0.173 e. The van der Waals surface area contributed by atoms with Crippen LogP contribution in [-0.2, 0) is 0 Å². The van der Waals surface area contributed by atoms with Crippen LogP contribution in [0, 0.1) is 6.92 Å². The van der Waals surface area contributed by atoms with E-state index in [1.54, 1.807) is 4.90 Å². The molecular weight excluding hydrogens is 326 g/mol. The summed E-state index contributed by atoms with van der Waals surface area (Å²) in [5.74, 6) is 0. The lowest BCUT2D eigenvalue weighted by atomic mass is 9.99. The van der Waals surface area contributed by atoms with Gasteiger partial charge >= 0.3 is 0 Å². The molecule has 2 fully saturated rings. The molecule has 1 aliphatic heterocycles. The van der Waals surface area contributed by atoms with E-state index in [2.05, 4.69) is 48.5 Å². The van der Waals surface area contributed by atoms with Crippen molar-refractivity contribution in [2.75, 3.05) is 25.5 Å². The Balaban J connectivity index is 1.47. The quantitative estimate of drug-likeness (QED) is 0.637. The molecule has 2 N–H and O–H groups in total. The lowest BCUT2D eigenvalue weighted by Gasteiger charge is -2.38. The topological polar surface area (TPSA) is 19.7 Å². The summed E-state index contributed by atoms with van der Waals surface area (Å²) >= 11 is 5.64. The molecule has 0 amide bonds. The average molecular weight is 361 g/mol. The maximum Gasteiger partial charge on any atom is 0.173 e. The highest BCUT2D eigenvalue weighted by atomic mass is 32.1. The molecule has 1 unspecified atom stereocenters. The van der Waals surface area contributed by atoms with Gasteiger partial charge in [0.2, 0.25) is 0 Å². The highest BCUT2D eigenvalue weighted by molar-refractivity contribution is 7.80. The molecule has 1 heterocycles. The molecule has 1 saturated heterocycles. The molecule has 25 heavy (non-hydrogen) atoms. The summed E-state index contributed by atoms with van der Waals surface area (Å²) in [5.41, 5.74) is 2.38. The first kappa shape index (κ1) is 18.7. The highest BCUT2D eigenvalue weighted by Crippen LogP contribution is 2.18. The van der Waals surface area contributed by atoms with Gasteiger partial charge in [0.05, 0.1) is 19.1 Å². The Bertz CT molecular complexity index is 541. The average Bonchev–Trinajstić information content (AvgIpc) is 2.92. The van der Waals surface area contributed by atoms with E-state index in [4.69, 9.17) is 12.2 Å². The molecule has 138 valence electrons. The van der Waals surface area contributed by atoms with Gasteiger partial charge in [0.1, 0.15) is 0 Å². The number of hydrogen-bond acceptors (Lipinski definition) is 1. The molecule has 0 bridgehead atoms. The van der Waals surface area contributed by atoms with Crippen LogP contribution in [0.4, 0.5) is 5.69 Å². The van der Waals surface area contributed by atoms with Gasteiger partial charge in [0.15, 0.2) is 5.11 Å². The number of benzene rings is 1. The van der Waals surface area contributed by atoms with Crippen molar-refractivity contribution in [3.05, 3.63) is 29.8 Å². The Morgan fingerprint density at radius 1 is 0.960 bits per heavy atom. The van der Waals surface area contributed by atoms with Gasteiger partial charge in [-0.2, -0.15) is 0 Å². The number of nitrogens with one attached hydrogen (secondary N) is 2. The third-order valence-corrected chi connectivity index (χ3v) is 6.59. The van der Waals surface area contributed by atoms with Crippen LogP contribution in [0.15, 0.2) is 24.3 Å². The monoisotopic (exact) mass is 360 g/mol. The van der Waals surface area contributed by atoms with Gasteiger partial charge in [-0.25, -0.2) is 0 Å². The van der Waals surface area contributed by atoms with Gasteiger partial charge in [0.25, 0.3) is 0 Å². The lowest BCUT2D eigenvalue weighted by Crippen LogP contribution is -3.17. The molecule has 1 aliphatic carbocycles. The molecule has 4 heteroatoms. The second kappa shape index (κ2) is 9.00. The summed E-state index contributed by atoms with van der Waals surface area (Å²) < 4.78 is 0. The molecule has 1 aromatic rings. The standard InChI is InChI=1S/C21H33N3S/c1-17-9-11-18(12-10-17)22-21(25)24-15-13-20(14-16-24)23(2)19-7-5-3-4-6-8-19/h9-12,19-20H,3-8,13-16H2,1-2H3,(H,22,25)/p+1. The predicted octanol–water partition coefficient (Wildman–Crippen LogP) is 3.39. The largest absolute Gasteiger partial charge is 0.349 e. The molecule has 2 aliphatic rings. The minimum Gasteiger partial charge on any atom is -0.349 e. The van der Waals surface area contributed by atoms with Gasteiger partial charge in [-0.1, -0.05) is 30.5 Å². The molecule has 0 spiro atoms.